The van der Waals surface area contributed by atoms with Crippen molar-refractivity contribution in [2.24, 2.45) is 5.92 Å². The summed E-state index contributed by atoms with van der Waals surface area (Å²) < 4.78 is 17.2. The van der Waals surface area contributed by atoms with Gasteiger partial charge in [-0.3, -0.25) is 9.69 Å². The van der Waals surface area contributed by atoms with Crippen LogP contribution in [0.3, 0.4) is 0 Å². The monoisotopic (exact) mass is 452 g/mol. The normalized spacial score (nSPS) is 27.8. The van der Waals surface area contributed by atoms with E-state index in [1.807, 2.05) is 53.4 Å². The van der Waals surface area contributed by atoms with Crippen LogP contribution in [0.15, 0.2) is 48.5 Å². The Morgan fingerprint density at radius 3 is 2.64 bits per heavy atom. The highest BCUT2D eigenvalue weighted by Crippen LogP contribution is 2.37. The molecule has 33 heavy (non-hydrogen) atoms. The first-order chi connectivity index (χ1) is 16.2. The second-order valence-corrected chi connectivity index (χ2v) is 9.16. The zero-order valence-electron chi connectivity index (χ0n) is 19.0. The van der Waals surface area contributed by atoms with Crippen molar-refractivity contribution in [3.63, 3.8) is 0 Å². The largest absolute Gasteiger partial charge is 0.491 e. The molecule has 7 heteroatoms. The fraction of sp³-hybridized carbons (Fsp3) is 0.500. The summed E-state index contributed by atoms with van der Waals surface area (Å²) in [5.41, 5.74) is 2.90. The molecule has 2 N–H and O–H groups in total. The molecule has 5 rings (SSSR count). The summed E-state index contributed by atoms with van der Waals surface area (Å²) in [6.07, 6.45) is 1.40. The maximum absolute atomic E-state index is 13.8. The Labute approximate surface area is 194 Å². The average molecular weight is 453 g/mol. The van der Waals surface area contributed by atoms with Crippen LogP contribution in [-0.2, 0) is 20.7 Å². The number of para-hydroxylation sites is 1. The van der Waals surface area contributed by atoms with Gasteiger partial charge >= 0.3 is 0 Å². The van der Waals surface area contributed by atoms with Crippen molar-refractivity contribution in [2.45, 2.75) is 43.7 Å². The maximum atomic E-state index is 13.8. The van der Waals surface area contributed by atoms with Crippen molar-refractivity contribution in [2.75, 3.05) is 33.5 Å². The molecule has 4 atom stereocenters. The topological polar surface area (TPSA) is 80.3 Å². The van der Waals surface area contributed by atoms with Gasteiger partial charge in [0.05, 0.1) is 6.04 Å². The minimum atomic E-state index is -0.708. The van der Waals surface area contributed by atoms with Crippen molar-refractivity contribution in [1.82, 2.24) is 10.2 Å². The van der Waals surface area contributed by atoms with Gasteiger partial charge in [-0.15, -0.1) is 0 Å². The highest BCUT2D eigenvalue weighted by molar-refractivity contribution is 5.84. The molecule has 7 nitrogen and oxygen atoms in total. The van der Waals surface area contributed by atoms with Crippen molar-refractivity contribution >= 4 is 5.91 Å². The third kappa shape index (κ3) is 4.51. The van der Waals surface area contributed by atoms with Gasteiger partial charge in [-0.25, -0.2) is 0 Å². The zero-order valence-corrected chi connectivity index (χ0v) is 19.0. The van der Waals surface area contributed by atoms with Crippen LogP contribution >= 0.6 is 0 Å². The van der Waals surface area contributed by atoms with E-state index in [0.717, 1.165) is 48.5 Å². The lowest BCUT2D eigenvalue weighted by atomic mass is 9.88. The molecule has 176 valence electrons. The second kappa shape index (κ2) is 9.81. The first-order valence-corrected chi connectivity index (χ1v) is 11.8. The number of aliphatic hydroxyl groups excluding tert-OH is 1. The number of hydrogen-bond donors (Lipinski definition) is 2. The number of nitrogens with one attached hydrogen (secondary N) is 1. The van der Waals surface area contributed by atoms with E-state index in [0.29, 0.717) is 25.5 Å². The van der Waals surface area contributed by atoms with Gasteiger partial charge in [0.1, 0.15) is 30.7 Å². The number of rotatable bonds is 5. The Kier molecular flexibility index (Phi) is 6.64. The number of carbonyl (C=O) groups is 1. The summed E-state index contributed by atoms with van der Waals surface area (Å²) in [4.78, 5) is 15.8. The molecule has 0 spiro atoms. The Bertz CT molecular complexity index is 977. The van der Waals surface area contributed by atoms with E-state index in [1.165, 1.54) is 0 Å². The number of ether oxygens (including phenoxy) is 3. The van der Waals surface area contributed by atoms with Crippen LogP contribution in [0, 0.1) is 5.92 Å². The lowest BCUT2D eigenvalue weighted by molar-refractivity contribution is -0.137. The molecule has 1 saturated heterocycles. The molecule has 0 aromatic heterocycles. The van der Waals surface area contributed by atoms with E-state index in [1.54, 1.807) is 7.11 Å². The predicted molar refractivity (Wildman–Crippen MR) is 123 cm³/mol. The van der Waals surface area contributed by atoms with Crippen LogP contribution in [0.25, 0.3) is 0 Å². The standard InChI is InChI=1S/C26H32N2O5/c1-31-25-20-8-4-5-9-22(20)33-16-21(25)27-26(30)24-19-7-3-2-6-18(19)14-23(29)28(24)15-17-10-12-32-13-11-17/h2-9,17,21,23-25,29H,10-16H2,1H3,(H,27,30). The fourth-order valence-corrected chi connectivity index (χ4v) is 5.40. The number of methoxy groups -OCH3 is 1. The highest BCUT2D eigenvalue weighted by atomic mass is 16.5. The number of fused-ring (bicyclic) bond motifs is 2. The summed E-state index contributed by atoms with van der Waals surface area (Å²) in [5.74, 6) is 1.04. The number of amides is 1. The number of carbonyl (C=O) groups excluding carboxylic acids is 1. The Morgan fingerprint density at radius 2 is 1.85 bits per heavy atom. The van der Waals surface area contributed by atoms with E-state index in [-0.39, 0.29) is 18.1 Å². The van der Waals surface area contributed by atoms with Gasteiger partial charge in [-0.1, -0.05) is 42.5 Å². The minimum absolute atomic E-state index is 0.136. The Morgan fingerprint density at radius 1 is 1.12 bits per heavy atom. The molecule has 1 fully saturated rings. The lowest BCUT2D eigenvalue weighted by Crippen LogP contribution is -2.55. The second-order valence-electron chi connectivity index (χ2n) is 9.16. The quantitative estimate of drug-likeness (QED) is 0.726. The first kappa shape index (κ1) is 22.3. The third-order valence-corrected chi connectivity index (χ3v) is 7.12. The van der Waals surface area contributed by atoms with Crippen molar-refractivity contribution in [1.29, 1.82) is 0 Å². The van der Waals surface area contributed by atoms with Crippen molar-refractivity contribution in [3.8, 4) is 5.75 Å². The van der Waals surface area contributed by atoms with Crippen LogP contribution in [-0.4, -0.2) is 61.7 Å². The highest BCUT2D eigenvalue weighted by Gasteiger charge is 2.41. The fourth-order valence-electron chi connectivity index (χ4n) is 5.40. The lowest BCUT2D eigenvalue weighted by Gasteiger charge is -2.43. The van der Waals surface area contributed by atoms with E-state index >= 15 is 0 Å². The molecule has 0 saturated carbocycles. The third-order valence-electron chi connectivity index (χ3n) is 7.12. The number of hydrogen-bond acceptors (Lipinski definition) is 6. The van der Waals surface area contributed by atoms with Gasteiger partial charge in [-0.05, 0) is 36.0 Å². The summed E-state index contributed by atoms with van der Waals surface area (Å²) in [7, 11) is 1.66. The van der Waals surface area contributed by atoms with E-state index in [2.05, 4.69) is 5.32 Å². The number of aliphatic hydroxyl groups is 1. The molecular weight excluding hydrogens is 420 g/mol. The maximum Gasteiger partial charge on any atom is 0.242 e. The molecule has 3 aliphatic heterocycles. The van der Waals surface area contributed by atoms with Gasteiger partial charge in [-0.2, -0.15) is 0 Å². The summed E-state index contributed by atoms with van der Waals surface area (Å²) in [5, 5.41) is 14.3. The van der Waals surface area contributed by atoms with Gasteiger partial charge < -0.3 is 24.6 Å². The van der Waals surface area contributed by atoms with E-state index < -0.39 is 12.3 Å². The van der Waals surface area contributed by atoms with Gasteiger partial charge in [0, 0.05) is 38.9 Å². The molecule has 1 amide bonds. The summed E-state index contributed by atoms with van der Waals surface area (Å²) in [6.45, 7) is 2.46. The van der Waals surface area contributed by atoms with E-state index in [4.69, 9.17) is 14.2 Å². The summed E-state index contributed by atoms with van der Waals surface area (Å²) in [6, 6.07) is 14.8. The minimum Gasteiger partial charge on any atom is -0.491 e. The van der Waals surface area contributed by atoms with Crippen molar-refractivity contribution < 1.29 is 24.1 Å². The molecule has 4 unspecified atom stereocenters. The molecule has 0 radical (unpaired) electrons. The van der Waals surface area contributed by atoms with Gasteiger partial charge in [0.25, 0.3) is 0 Å². The smallest absolute Gasteiger partial charge is 0.242 e. The number of benzene rings is 2. The average Bonchev–Trinajstić information content (AvgIpc) is 2.85. The van der Waals surface area contributed by atoms with Crippen LogP contribution in [0.5, 0.6) is 5.75 Å². The molecular formula is C26H32N2O5. The predicted octanol–water partition coefficient (Wildman–Crippen LogP) is 2.60. The Hall–Kier alpha value is -2.45. The van der Waals surface area contributed by atoms with E-state index in [9.17, 15) is 9.90 Å². The van der Waals surface area contributed by atoms with Crippen molar-refractivity contribution in [3.05, 3.63) is 65.2 Å². The Balaban J connectivity index is 1.41. The van der Waals surface area contributed by atoms with Gasteiger partial charge in [0.15, 0.2) is 0 Å². The molecule has 2 aromatic carbocycles. The van der Waals surface area contributed by atoms with Gasteiger partial charge in [0.2, 0.25) is 5.91 Å². The molecule has 3 heterocycles. The molecule has 0 bridgehead atoms. The molecule has 3 aliphatic rings. The van der Waals surface area contributed by atoms with Crippen LogP contribution < -0.4 is 10.1 Å². The summed E-state index contributed by atoms with van der Waals surface area (Å²) >= 11 is 0. The number of nitrogens with zero attached hydrogens (tertiary/aromatic N) is 1. The van der Waals surface area contributed by atoms with Crippen LogP contribution in [0.1, 0.15) is 41.7 Å². The first-order valence-electron chi connectivity index (χ1n) is 11.8. The van der Waals surface area contributed by atoms with Crippen LogP contribution in [0.4, 0.5) is 0 Å². The SMILES string of the molecule is COC1c2ccccc2OCC1NC(=O)C1c2ccccc2CC(O)N1CC1CCOCC1. The molecule has 0 aliphatic carbocycles. The zero-order chi connectivity index (χ0) is 22.8. The van der Waals surface area contributed by atoms with Crippen LogP contribution in [0.2, 0.25) is 0 Å². The molecule has 2 aromatic rings.